The lowest BCUT2D eigenvalue weighted by molar-refractivity contribution is -0.0787. The van der Waals surface area contributed by atoms with Gasteiger partial charge in [0.05, 0.1) is 22.5 Å². The van der Waals surface area contributed by atoms with Crippen molar-refractivity contribution in [3.8, 4) is 0 Å². The van der Waals surface area contributed by atoms with Crippen molar-refractivity contribution >= 4 is 10.1 Å². The molecule has 0 rings (SSSR count). The van der Waals surface area contributed by atoms with Crippen LogP contribution in [0, 0.1) is 0 Å². The molecule has 0 saturated heterocycles. The van der Waals surface area contributed by atoms with Crippen molar-refractivity contribution in [1.29, 1.82) is 0 Å². The second-order valence-electron chi connectivity index (χ2n) is 3.46. The van der Waals surface area contributed by atoms with Gasteiger partial charge < -0.3 is 19.9 Å². The molecule has 0 spiro atoms. The Hall–Kier alpha value is -0.250. The minimum Gasteiger partial charge on any atom is -0.748 e. The van der Waals surface area contributed by atoms with Crippen molar-refractivity contribution in [2.45, 2.75) is 25.7 Å². The van der Waals surface area contributed by atoms with Gasteiger partial charge >= 0.3 is 0 Å². The molecule has 0 amide bonds. The summed E-state index contributed by atoms with van der Waals surface area (Å²) in [6.07, 6.45) is -2.47. The Morgan fingerprint density at radius 1 is 1.31 bits per heavy atom. The molecule has 0 aliphatic rings. The highest BCUT2D eigenvalue weighted by molar-refractivity contribution is 7.85. The molecule has 0 bridgehead atoms. The molecule has 16 heavy (non-hydrogen) atoms. The van der Waals surface area contributed by atoms with Crippen LogP contribution in [0.1, 0.15) is 13.3 Å². The predicted molar refractivity (Wildman–Crippen MR) is 55.5 cm³/mol. The number of aliphatic hydroxyl groups excluding tert-OH is 3. The Kier molecular flexibility index (Phi) is 7.04. The fourth-order valence-electron chi connectivity index (χ4n) is 1.33. The molecule has 0 aromatic heterocycles. The van der Waals surface area contributed by atoms with Gasteiger partial charge in [-0.3, -0.25) is 4.90 Å². The van der Waals surface area contributed by atoms with E-state index in [1.54, 1.807) is 0 Å². The van der Waals surface area contributed by atoms with Gasteiger partial charge in [0.2, 0.25) is 0 Å². The largest absolute Gasteiger partial charge is 0.748 e. The zero-order valence-electron chi connectivity index (χ0n) is 9.11. The molecule has 98 valence electrons. The molecule has 0 aliphatic heterocycles. The van der Waals surface area contributed by atoms with Crippen LogP contribution in [-0.4, -0.2) is 71.0 Å². The van der Waals surface area contributed by atoms with Gasteiger partial charge in [-0.15, -0.1) is 0 Å². The zero-order valence-corrected chi connectivity index (χ0v) is 9.93. The third-order valence-electron chi connectivity index (χ3n) is 1.99. The molecule has 7 nitrogen and oxygen atoms in total. The van der Waals surface area contributed by atoms with Gasteiger partial charge in [-0.25, -0.2) is 8.42 Å². The first-order chi connectivity index (χ1) is 7.31. The first-order valence-electron chi connectivity index (χ1n) is 4.96. The molecule has 3 N–H and O–H groups in total. The summed E-state index contributed by atoms with van der Waals surface area (Å²) in [6.45, 7) is 2.09. The summed E-state index contributed by atoms with van der Waals surface area (Å²) in [7, 11) is -4.58. The van der Waals surface area contributed by atoms with Gasteiger partial charge in [-0.2, -0.15) is 0 Å². The van der Waals surface area contributed by atoms with Crippen molar-refractivity contribution < 1.29 is 28.3 Å². The van der Waals surface area contributed by atoms with E-state index in [0.29, 0.717) is 13.0 Å². The zero-order chi connectivity index (χ0) is 12.8. The molecule has 0 aliphatic carbocycles. The van der Waals surface area contributed by atoms with Crippen LogP contribution < -0.4 is 0 Å². The lowest BCUT2D eigenvalue weighted by Gasteiger charge is -2.30. The fraction of sp³-hybridized carbons (Fsp3) is 1.00. The molecule has 0 aromatic rings. The molecular formula is C8H18NO6S-. The minimum absolute atomic E-state index is 0.102. The highest BCUT2D eigenvalue weighted by atomic mass is 32.2. The maximum atomic E-state index is 10.4. The van der Waals surface area contributed by atoms with E-state index in [2.05, 4.69) is 0 Å². The molecular weight excluding hydrogens is 238 g/mol. The lowest BCUT2D eigenvalue weighted by Crippen LogP contribution is -2.47. The summed E-state index contributed by atoms with van der Waals surface area (Å²) in [6, 6.07) is 0. The lowest BCUT2D eigenvalue weighted by atomic mass is 10.3. The van der Waals surface area contributed by atoms with Gasteiger partial charge in [-0.05, 0) is 6.42 Å². The minimum atomic E-state index is -4.58. The third kappa shape index (κ3) is 6.36. The Morgan fingerprint density at radius 2 is 1.88 bits per heavy atom. The summed E-state index contributed by atoms with van der Waals surface area (Å²) in [5, 5.41) is 27.6. The molecule has 2 unspecified atom stereocenters. The highest BCUT2D eigenvalue weighted by Crippen LogP contribution is 2.05. The van der Waals surface area contributed by atoms with E-state index in [-0.39, 0.29) is 13.2 Å². The van der Waals surface area contributed by atoms with Gasteiger partial charge in [0.1, 0.15) is 12.3 Å². The average Bonchev–Trinajstić information content (AvgIpc) is 2.13. The van der Waals surface area contributed by atoms with Crippen molar-refractivity contribution in [2.75, 3.05) is 25.4 Å². The van der Waals surface area contributed by atoms with Gasteiger partial charge in [0.15, 0.2) is 0 Å². The quantitative estimate of drug-likeness (QED) is 0.336. The van der Waals surface area contributed by atoms with E-state index >= 15 is 0 Å². The van der Waals surface area contributed by atoms with Crippen molar-refractivity contribution in [3.05, 3.63) is 0 Å². The second-order valence-corrected chi connectivity index (χ2v) is 4.91. The van der Waals surface area contributed by atoms with Crippen molar-refractivity contribution in [3.63, 3.8) is 0 Å². The van der Waals surface area contributed by atoms with Gasteiger partial charge in [-0.1, -0.05) is 6.92 Å². The Morgan fingerprint density at radius 3 is 2.25 bits per heavy atom. The molecule has 0 aromatic carbocycles. The van der Waals surface area contributed by atoms with Crippen LogP contribution in [0.25, 0.3) is 0 Å². The summed E-state index contributed by atoms with van der Waals surface area (Å²) in [5.41, 5.74) is 0. The average molecular weight is 256 g/mol. The van der Waals surface area contributed by atoms with Crippen LogP contribution >= 0.6 is 0 Å². The van der Waals surface area contributed by atoms with Crippen LogP contribution in [0.5, 0.6) is 0 Å². The summed E-state index contributed by atoms with van der Waals surface area (Å²) in [4.78, 5) is 1.32. The third-order valence-corrected chi connectivity index (χ3v) is 2.74. The van der Waals surface area contributed by atoms with E-state index in [1.807, 2.05) is 6.92 Å². The highest BCUT2D eigenvalue weighted by Gasteiger charge is 2.24. The van der Waals surface area contributed by atoms with Crippen molar-refractivity contribution in [1.82, 2.24) is 4.90 Å². The number of hydrogen-bond donors (Lipinski definition) is 3. The number of aliphatic hydroxyl groups is 3. The van der Waals surface area contributed by atoms with Gasteiger partial charge in [0, 0.05) is 13.1 Å². The molecule has 8 heteroatoms. The monoisotopic (exact) mass is 256 g/mol. The smallest absolute Gasteiger partial charge is 0.134 e. The van der Waals surface area contributed by atoms with E-state index in [4.69, 9.17) is 5.11 Å². The summed E-state index contributed by atoms with van der Waals surface area (Å²) < 4.78 is 31.2. The maximum absolute atomic E-state index is 10.4. The standard InChI is InChI=1S/C8H19NO6S/c1-2-3-9(4-5-10)8(12)7(11)6-16(13,14)15/h7-8,10-12H,2-6H2,1H3,(H,13,14,15)/p-1. The molecule has 2 atom stereocenters. The summed E-state index contributed by atoms with van der Waals surface area (Å²) >= 11 is 0. The Bertz CT molecular complexity index is 274. The van der Waals surface area contributed by atoms with Crippen LogP contribution in [0.15, 0.2) is 0 Å². The second kappa shape index (κ2) is 7.15. The molecule has 0 heterocycles. The van der Waals surface area contributed by atoms with E-state index in [0.717, 1.165) is 0 Å². The Balaban J connectivity index is 4.41. The Labute approximate surface area is 95.1 Å². The van der Waals surface area contributed by atoms with Crippen LogP contribution in [0.4, 0.5) is 0 Å². The van der Waals surface area contributed by atoms with E-state index < -0.39 is 28.2 Å². The molecule has 0 saturated carbocycles. The molecule has 0 fully saturated rings. The number of nitrogens with zero attached hydrogens (tertiary/aromatic N) is 1. The predicted octanol–water partition coefficient (Wildman–Crippen LogP) is -2.08. The first-order valence-corrected chi connectivity index (χ1v) is 6.54. The number of rotatable bonds is 8. The van der Waals surface area contributed by atoms with Crippen LogP contribution in [-0.2, 0) is 10.1 Å². The topological polar surface area (TPSA) is 121 Å². The fourth-order valence-corrected chi connectivity index (χ4v) is 1.92. The van der Waals surface area contributed by atoms with Crippen LogP contribution in [0.3, 0.4) is 0 Å². The van der Waals surface area contributed by atoms with E-state index in [9.17, 15) is 23.2 Å². The molecule has 0 radical (unpaired) electrons. The van der Waals surface area contributed by atoms with E-state index in [1.165, 1.54) is 4.90 Å². The maximum Gasteiger partial charge on any atom is 0.134 e. The van der Waals surface area contributed by atoms with Gasteiger partial charge in [0.25, 0.3) is 0 Å². The first kappa shape index (κ1) is 15.8. The normalized spacial score (nSPS) is 16.4. The van der Waals surface area contributed by atoms with Crippen molar-refractivity contribution in [2.24, 2.45) is 0 Å². The number of hydrogen-bond acceptors (Lipinski definition) is 7. The van der Waals surface area contributed by atoms with Crippen LogP contribution in [0.2, 0.25) is 0 Å². The summed E-state index contributed by atoms with van der Waals surface area (Å²) in [5.74, 6) is -1.04. The SMILES string of the molecule is CCCN(CCO)C(O)C(O)CS(=O)(=O)[O-].